The van der Waals surface area contributed by atoms with Crippen molar-refractivity contribution in [3.8, 4) is 22.3 Å². The Labute approximate surface area is 227 Å². The van der Waals surface area contributed by atoms with Crippen molar-refractivity contribution in [3.63, 3.8) is 0 Å². The summed E-state index contributed by atoms with van der Waals surface area (Å²) in [7, 11) is 1.50. The molecule has 1 aliphatic carbocycles. The highest BCUT2D eigenvalue weighted by atomic mass is 16.3. The highest BCUT2D eigenvalue weighted by Gasteiger charge is 2.40. The second-order valence-corrected chi connectivity index (χ2v) is 10.7. The molecule has 202 valence electrons. The van der Waals surface area contributed by atoms with Crippen molar-refractivity contribution in [1.29, 1.82) is 0 Å². The van der Waals surface area contributed by atoms with Crippen LogP contribution in [0.3, 0.4) is 0 Å². The fourth-order valence-electron chi connectivity index (χ4n) is 3.93. The van der Waals surface area contributed by atoms with Gasteiger partial charge in [0.05, 0.1) is 5.60 Å². The smallest absolute Gasteiger partial charge is 0.251 e. The number of carbonyl (C=O) groups is 2. The van der Waals surface area contributed by atoms with Crippen LogP contribution in [0.25, 0.3) is 27.8 Å². The van der Waals surface area contributed by atoms with Crippen molar-refractivity contribution < 1.29 is 14.7 Å². The van der Waals surface area contributed by atoms with Crippen molar-refractivity contribution in [2.45, 2.75) is 58.5 Å². The quantitative estimate of drug-likeness (QED) is 0.391. The van der Waals surface area contributed by atoms with Gasteiger partial charge in [0.15, 0.2) is 0 Å². The minimum atomic E-state index is -0.701. The van der Waals surface area contributed by atoms with Crippen molar-refractivity contribution in [1.82, 2.24) is 10.3 Å². The number of pyridine rings is 1. The first-order valence-electron chi connectivity index (χ1n) is 12.7. The first-order valence-corrected chi connectivity index (χ1v) is 12.7. The Kier molecular flexibility index (Phi) is 10.3. The van der Waals surface area contributed by atoms with Crippen molar-refractivity contribution in [2.75, 3.05) is 13.6 Å². The summed E-state index contributed by atoms with van der Waals surface area (Å²) in [6, 6.07) is 16.4. The van der Waals surface area contributed by atoms with Gasteiger partial charge >= 0.3 is 0 Å². The minimum Gasteiger partial charge on any atom is -0.388 e. The number of nitrogens with one attached hydrogen (secondary N) is 1. The highest BCUT2D eigenvalue weighted by Crippen LogP contribution is 2.35. The standard InChI is InChI=1S/C30H34N2O2.CH5N.CH2O/c1-19(2)23-13-24(15-26(14-23)29(4,5)6)25-16-27(20(3)31-17-25)21-7-9-22(10-8-21)28(33)32-18-30(34)11-12-30;2*1-2/h7-10,13-17,34H,1,11-12,18H2,2-6H3,(H,32,33);2H2,1H3;1H2. The molecule has 0 bridgehead atoms. The maximum Gasteiger partial charge on any atom is 0.251 e. The van der Waals surface area contributed by atoms with Gasteiger partial charge in [-0.1, -0.05) is 57.2 Å². The molecule has 0 saturated heterocycles. The normalized spacial score (nSPS) is 13.3. The maximum absolute atomic E-state index is 12.4. The average Bonchev–Trinajstić information content (AvgIpc) is 3.66. The van der Waals surface area contributed by atoms with Crippen LogP contribution in [0.2, 0.25) is 0 Å². The molecule has 1 fully saturated rings. The minimum absolute atomic E-state index is 0.0206. The number of allylic oxidation sites excluding steroid dienone is 1. The molecule has 0 radical (unpaired) electrons. The number of amides is 1. The van der Waals surface area contributed by atoms with Gasteiger partial charge < -0.3 is 21.0 Å². The van der Waals surface area contributed by atoms with Gasteiger partial charge in [0.1, 0.15) is 6.79 Å². The molecule has 1 aliphatic rings. The van der Waals surface area contributed by atoms with Gasteiger partial charge in [-0.2, -0.15) is 0 Å². The summed E-state index contributed by atoms with van der Waals surface area (Å²) in [5.41, 5.74) is 13.0. The third-order valence-corrected chi connectivity index (χ3v) is 6.58. The van der Waals surface area contributed by atoms with E-state index in [1.54, 1.807) is 0 Å². The molecule has 6 nitrogen and oxygen atoms in total. The molecule has 0 spiro atoms. The molecule has 4 rings (SSSR count). The Morgan fingerprint density at radius 1 is 1.00 bits per heavy atom. The fourth-order valence-corrected chi connectivity index (χ4v) is 3.93. The third-order valence-electron chi connectivity index (χ3n) is 6.58. The van der Waals surface area contributed by atoms with Crippen LogP contribution in [-0.2, 0) is 10.2 Å². The van der Waals surface area contributed by atoms with Crippen molar-refractivity contribution in [2.24, 2.45) is 5.73 Å². The topological polar surface area (TPSA) is 105 Å². The fraction of sp³-hybridized carbons (Fsp3) is 0.344. The number of aliphatic hydroxyl groups is 1. The molecule has 1 amide bonds. The number of hydrogen-bond donors (Lipinski definition) is 3. The van der Waals surface area contributed by atoms with E-state index in [0.717, 1.165) is 51.9 Å². The number of rotatable bonds is 6. The van der Waals surface area contributed by atoms with Gasteiger partial charge in [-0.3, -0.25) is 9.78 Å². The Morgan fingerprint density at radius 3 is 2.13 bits per heavy atom. The molecule has 2 aromatic carbocycles. The molecule has 0 aliphatic heterocycles. The molecule has 0 atom stereocenters. The van der Waals surface area contributed by atoms with Crippen LogP contribution in [0.1, 0.15) is 67.7 Å². The van der Waals surface area contributed by atoms with E-state index >= 15 is 0 Å². The highest BCUT2D eigenvalue weighted by molar-refractivity contribution is 5.94. The van der Waals surface area contributed by atoms with E-state index in [9.17, 15) is 9.90 Å². The zero-order valence-electron chi connectivity index (χ0n) is 23.5. The molecular weight excluding hydrogens is 474 g/mol. The number of hydrogen-bond acceptors (Lipinski definition) is 5. The average molecular weight is 516 g/mol. The molecule has 6 heteroatoms. The maximum atomic E-state index is 12.4. The van der Waals surface area contributed by atoms with Gasteiger partial charge in [-0.05, 0) is 85.7 Å². The van der Waals surface area contributed by atoms with E-state index < -0.39 is 5.60 Å². The Hall–Kier alpha value is -3.61. The van der Waals surface area contributed by atoms with Crippen LogP contribution in [0, 0.1) is 6.92 Å². The van der Waals surface area contributed by atoms with Crippen LogP contribution >= 0.6 is 0 Å². The molecule has 0 unspecified atom stereocenters. The van der Waals surface area contributed by atoms with Crippen LogP contribution < -0.4 is 11.1 Å². The summed E-state index contributed by atoms with van der Waals surface area (Å²) < 4.78 is 0. The molecular formula is C32H41N3O3. The SMILES string of the molecule is C=C(C)c1cc(-c2cnc(C)c(-c3ccc(C(=O)NCC4(O)CC4)cc3)c2)cc(C(C)(C)C)c1.C=O.CN. The lowest BCUT2D eigenvalue weighted by Crippen LogP contribution is -2.33. The predicted octanol–water partition coefficient (Wildman–Crippen LogP) is 5.70. The van der Waals surface area contributed by atoms with Gasteiger partial charge in [-0.15, -0.1) is 0 Å². The van der Waals surface area contributed by atoms with E-state index in [1.807, 2.05) is 51.1 Å². The summed E-state index contributed by atoms with van der Waals surface area (Å²) in [6.45, 7) is 17.1. The molecule has 1 heterocycles. The van der Waals surface area contributed by atoms with Crippen LogP contribution in [0.4, 0.5) is 0 Å². The second-order valence-electron chi connectivity index (χ2n) is 10.7. The van der Waals surface area contributed by atoms with E-state index in [4.69, 9.17) is 4.79 Å². The monoisotopic (exact) mass is 515 g/mol. The van der Waals surface area contributed by atoms with E-state index in [0.29, 0.717) is 12.1 Å². The number of aryl methyl sites for hydroxylation is 1. The van der Waals surface area contributed by atoms with E-state index in [-0.39, 0.29) is 11.3 Å². The van der Waals surface area contributed by atoms with Gasteiger partial charge in [-0.25, -0.2) is 0 Å². The van der Waals surface area contributed by atoms with E-state index in [2.05, 4.69) is 67.7 Å². The number of nitrogens with zero attached hydrogens (tertiary/aromatic N) is 1. The van der Waals surface area contributed by atoms with Crippen LogP contribution in [-0.4, -0.2) is 42.0 Å². The second kappa shape index (κ2) is 12.8. The predicted molar refractivity (Wildman–Crippen MR) is 157 cm³/mol. The molecule has 1 aromatic heterocycles. The lowest BCUT2D eigenvalue weighted by Gasteiger charge is -2.22. The molecule has 1 saturated carbocycles. The Morgan fingerprint density at radius 2 is 1.61 bits per heavy atom. The Bertz CT molecular complexity index is 1270. The zero-order chi connectivity index (χ0) is 28.7. The van der Waals surface area contributed by atoms with Gasteiger partial charge in [0.25, 0.3) is 5.91 Å². The van der Waals surface area contributed by atoms with Crippen molar-refractivity contribution >= 4 is 18.3 Å². The lowest BCUT2D eigenvalue weighted by molar-refractivity contribution is -0.0980. The lowest BCUT2D eigenvalue weighted by atomic mass is 9.83. The first kappa shape index (κ1) is 30.6. The summed E-state index contributed by atoms with van der Waals surface area (Å²) in [4.78, 5) is 25.1. The third kappa shape index (κ3) is 7.70. The molecule has 4 N–H and O–H groups in total. The number of carbonyl (C=O) groups excluding carboxylic acids is 2. The Balaban J connectivity index is 0.00000121. The van der Waals surface area contributed by atoms with Crippen LogP contribution in [0.15, 0.2) is 61.3 Å². The number of benzene rings is 2. The van der Waals surface area contributed by atoms with Crippen molar-refractivity contribution in [3.05, 3.63) is 83.7 Å². The van der Waals surface area contributed by atoms with Crippen LogP contribution in [0.5, 0.6) is 0 Å². The summed E-state index contributed by atoms with van der Waals surface area (Å²) in [5.74, 6) is -0.165. The number of aromatic nitrogens is 1. The number of nitrogens with two attached hydrogens (primary N) is 1. The zero-order valence-corrected chi connectivity index (χ0v) is 23.5. The molecule has 3 aromatic rings. The summed E-state index contributed by atoms with van der Waals surface area (Å²) in [5, 5.41) is 12.8. The first-order chi connectivity index (χ1) is 17.9. The van der Waals surface area contributed by atoms with E-state index in [1.165, 1.54) is 12.6 Å². The largest absolute Gasteiger partial charge is 0.388 e. The van der Waals surface area contributed by atoms with Gasteiger partial charge in [0.2, 0.25) is 0 Å². The van der Waals surface area contributed by atoms with Gasteiger partial charge in [0, 0.05) is 35.1 Å². The summed E-state index contributed by atoms with van der Waals surface area (Å²) >= 11 is 0. The molecule has 38 heavy (non-hydrogen) atoms. The summed E-state index contributed by atoms with van der Waals surface area (Å²) in [6.07, 6.45) is 3.43.